The number of ketones is 2. The molecule has 0 bridgehead atoms. The molecule has 4 aromatic carbocycles. The van der Waals surface area contributed by atoms with Crippen molar-refractivity contribution < 1.29 is 114 Å². The second kappa shape index (κ2) is 49.7. The summed E-state index contributed by atoms with van der Waals surface area (Å²) in [7, 11) is -2.74. The molecule has 712 valence electrons. The number of benzene rings is 4. The van der Waals surface area contributed by atoms with E-state index in [4.69, 9.17) is 51.7 Å². The van der Waals surface area contributed by atoms with Gasteiger partial charge >= 0.3 is 77.4 Å². The van der Waals surface area contributed by atoms with E-state index in [1.54, 1.807) is 87.7 Å². The minimum absolute atomic E-state index is 0.109. The van der Waals surface area contributed by atoms with Crippen molar-refractivity contribution >= 4 is 164 Å². The molecule has 5 heterocycles. The molecule has 0 saturated carbocycles. The second-order valence-electron chi connectivity index (χ2n) is 35.9. The second-order valence-corrected chi connectivity index (χ2v) is 38.6. The Labute approximate surface area is 846 Å². The summed E-state index contributed by atoms with van der Waals surface area (Å²) >= 11 is 13.2. The molecule has 30 heteroatoms. The Bertz CT molecular complexity index is 6470. The monoisotopic (exact) mass is 2220 g/mol. The Balaban J connectivity index is 0.000000168. The third kappa shape index (κ3) is 29.6. The third-order valence-corrected chi connectivity index (χ3v) is 25.5. The molecule has 0 fully saturated rings. The van der Waals surface area contributed by atoms with Crippen molar-refractivity contribution in [3.8, 4) is 0 Å². The van der Waals surface area contributed by atoms with E-state index in [0.29, 0.717) is 59.7 Å². The van der Waals surface area contributed by atoms with Crippen LogP contribution in [0.2, 0.25) is 0 Å². The van der Waals surface area contributed by atoms with Crippen LogP contribution in [0.25, 0.3) is 50.2 Å². The van der Waals surface area contributed by atoms with Gasteiger partial charge in [-0.15, -0.1) is 0 Å². The molecule has 0 saturated heterocycles. The van der Waals surface area contributed by atoms with E-state index >= 15 is 0 Å². The predicted molar refractivity (Wildman–Crippen MR) is 540 cm³/mol. The molecule has 0 aliphatic heterocycles. The first kappa shape index (κ1) is 108. The molecule has 9 aliphatic rings. The molecule has 0 unspecified atom stereocenters. The first-order valence-electron chi connectivity index (χ1n) is 44.0. The predicted octanol–water partition coefficient (Wildman–Crippen LogP) is 20.1. The molecule has 0 amide bonds. The maximum atomic E-state index is 12.7. The van der Waals surface area contributed by atoms with Crippen molar-refractivity contribution in [2.45, 2.75) is 176 Å². The normalized spacial score (nSPS) is 15.8. The van der Waals surface area contributed by atoms with Crippen LogP contribution in [0.3, 0.4) is 0 Å². The minimum atomic E-state index is -1.38. The summed E-state index contributed by atoms with van der Waals surface area (Å²) in [4.78, 5) is 80.2. The van der Waals surface area contributed by atoms with Gasteiger partial charge in [-0.1, -0.05) is 128 Å². The number of rotatable bonds is 14. The van der Waals surface area contributed by atoms with Crippen molar-refractivity contribution in [3.05, 3.63) is 364 Å². The van der Waals surface area contributed by atoms with Crippen LogP contribution < -0.4 is 10.9 Å². The van der Waals surface area contributed by atoms with Crippen molar-refractivity contribution in [2.75, 3.05) is 0 Å². The summed E-state index contributed by atoms with van der Waals surface area (Å²) in [6.07, 6.45) is 37.2. The Kier molecular flexibility index (Phi) is 39.0. The SMILES string of the molecule is C=C1CCc2cc(B(O)O)ccc21.C=C1CCc2cc(C3=C(c4ccncc4)CC(C(=O)OC(C)(C)C)=C3)ccc21.CC(=O)C1=CC(c2ccc3c(c2)CC/C3=N\O)=C(c2ccncc2)C1.CC(=O)C1=CC(c2ccncc2)=C(c2ccc3c(c2)CC/C3=N\O)C1.CC(C)(C)OC(=O)C1=CC(Br)=C(Br)C1.CC(C)(C)OC(=O)C1=CC(Br)=C(c2ccncc2)C1.OB(O)c1ccncc1.[O]=[Pd].[O]=[Pd]. The number of fused-ring (bicyclic) bond motifs is 4. The summed E-state index contributed by atoms with van der Waals surface area (Å²) in [5, 5.41) is 60.0. The number of halogens is 3. The van der Waals surface area contributed by atoms with Gasteiger partial charge < -0.3 is 44.7 Å². The number of esters is 3. The fraction of sp³-hybridized carbons (Fsp3) is 0.252. The molecular weight excluding hydrogens is 2110 g/mol. The van der Waals surface area contributed by atoms with Crippen LogP contribution in [0.4, 0.5) is 0 Å². The van der Waals surface area contributed by atoms with Crippen molar-refractivity contribution in [1.29, 1.82) is 0 Å². The Morgan fingerprint density at radius 1 is 0.343 bits per heavy atom. The average Bonchev–Trinajstić information content (AvgIpc) is 1.65. The number of aromatic nitrogens is 5. The molecule has 9 aromatic rings. The topological polar surface area (TPSA) is 358 Å². The number of ether oxygens (including phenoxy) is 3. The number of allylic oxidation sites excluding steroid dienone is 19. The van der Waals surface area contributed by atoms with Gasteiger partial charge in [-0.2, -0.15) is 0 Å². The zero-order valence-corrected chi connectivity index (χ0v) is 85.7. The molecular formula is C107H106B2Br3N7O16Pd2. The van der Waals surface area contributed by atoms with E-state index < -0.39 is 31.0 Å². The number of pyridine rings is 5. The molecule has 18 rings (SSSR count). The standard InChI is InChI=1S/C25H25NO2.2C21H18N2O2.C15H16BrNO2.C10H11BO2.C10H12Br2O2.C5H6BNO2.2O.2Pd/c1-16-5-6-18-13-19(7-8-21(16)18)23-15-20(24(27)28-25(2,3)4)14-22(23)17-9-11-26-12-10-17;2*1-13(24)17-11-19(14-6-8-22-9-7-14)20(12-17)16-2-4-18-15(10-16)3-5-21(18)23-25;1-15(2,3)19-14(18)11-8-12(13(16)9-11)10-4-6-17-7-5-10;1-7-2-3-8-6-9(11(12)13)4-5-10(7)8;1-10(2,3)14-9(13)6-4-7(11)8(12)5-6;8-6(9)5-1-3-7-4-2-5;;;;/h7-13,15H,1,5-6,14H2,2-4H3;2,4,6-10,12,25H,3,5,11H2,1H3;2,4,6-11,25H,3,5,12H2,1H3;4-7,9H,8H2,1-3H3;4-6,12-13H,1-3H2;4H,5H2,1-3H3;1-4,8-9H;;;;/b;2*23-21+;;;;;;;;. The van der Waals surface area contributed by atoms with Crippen LogP contribution in [0.5, 0.6) is 0 Å². The quantitative estimate of drug-likeness (QED) is 0.0194. The fourth-order valence-corrected chi connectivity index (χ4v) is 17.7. The number of aryl methyl sites for hydroxylation is 4. The molecule has 0 spiro atoms. The van der Waals surface area contributed by atoms with Crippen LogP contribution in [0.15, 0.2) is 291 Å². The number of hydrogen-bond acceptors (Lipinski definition) is 23. The molecule has 5 aromatic heterocycles. The van der Waals surface area contributed by atoms with Gasteiger partial charge in [-0.05, 0) is 379 Å². The Morgan fingerprint density at radius 2 is 0.642 bits per heavy atom. The van der Waals surface area contributed by atoms with Crippen LogP contribution in [0, 0.1) is 0 Å². The molecule has 137 heavy (non-hydrogen) atoms. The maximum absolute atomic E-state index is 12.7. The zero-order chi connectivity index (χ0) is 99.8. The average molecular weight is 2220 g/mol. The van der Waals surface area contributed by atoms with Gasteiger partial charge in [0.2, 0.25) is 0 Å². The van der Waals surface area contributed by atoms with E-state index in [1.807, 2.05) is 165 Å². The Hall–Kier alpha value is -11.5. The van der Waals surface area contributed by atoms with Crippen molar-refractivity contribution in [3.63, 3.8) is 0 Å². The molecule has 9 aliphatic carbocycles. The van der Waals surface area contributed by atoms with Gasteiger partial charge in [0.25, 0.3) is 0 Å². The number of carbonyl (C=O) groups is 5. The first-order valence-corrected chi connectivity index (χ1v) is 47.6. The number of hydrogen-bond donors (Lipinski definition) is 6. The first-order chi connectivity index (χ1) is 65.3. The van der Waals surface area contributed by atoms with Gasteiger partial charge in [-0.3, -0.25) is 34.5 Å². The van der Waals surface area contributed by atoms with Crippen LogP contribution >= 0.6 is 47.8 Å². The summed E-state index contributed by atoms with van der Waals surface area (Å²) in [6.45, 7) is 28.2. The number of oxime groups is 2. The van der Waals surface area contributed by atoms with Gasteiger partial charge in [0.1, 0.15) is 16.8 Å². The number of Topliss-reactive ketones (excluding diaryl/α,β-unsaturated/α-hetero) is 2. The third-order valence-electron chi connectivity index (χ3n) is 22.9. The zero-order valence-electron chi connectivity index (χ0n) is 77.8. The molecule has 23 nitrogen and oxygen atoms in total. The van der Waals surface area contributed by atoms with E-state index in [-0.39, 0.29) is 29.5 Å². The van der Waals surface area contributed by atoms with E-state index in [1.165, 1.54) is 89.7 Å². The van der Waals surface area contributed by atoms with Gasteiger partial charge in [-0.25, -0.2) is 14.4 Å². The fourth-order valence-electron chi connectivity index (χ4n) is 16.3. The molecule has 0 atom stereocenters. The van der Waals surface area contributed by atoms with Gasteiger partial charge in [0, 0.05) is 135 Å². The molecule has 6 N–H and O–H groups in total. The van der Waals surface area contributed by atoms with Crippen LogP contribution in [-0.4, -0.2) is 127 Å². The molecule has 0 radical (unpaired) electrons. The Morgan fingerprint density at radius 3 is 1.02 bits per heavy atom. The van der Waals surface area contributed by atoms with Gasteiger partial charge in [0.05, 0.1) is 11.4 Å². The summed E-state index contributed by atoms with van der Waals surface area (Å²) in [5.41, 5.74) is 32.1. The van der Waals surface area contributed by atoms with Crippen LogP contribution in [-0.2, 0) is 109 Å². The van der Waals surface area contributed by atoms with Crippen molar-refractivity contribution in [1.82, 2.24) is 24.9 Å². The van der Waals surface area contributed by atoms with Crippen LogP contribution in [0.1, 0.15) is 217 Å². The van der Waals surface area contributed by atoms with E-state index in [0.717, 1.165) is 182 Å². The van der Waals surface area contributed by atoms with E-state index in [9.17, 15) is 24.0 Å². The summed E-state index contributed by atoms with van der Waals surface area (Å²) in [6, 6.07) is 43.4. The van der Waals surface area contributed by atoms with E-state index in [2.05, 4.69) is 133 Å². The van der Waals surface area contributed by atoms with Gasteiger partial charge in [0.15, 0.2) is 11.6 Å². The van der Waals surface area contributed by atoms with Crippen molar-refractivity contribution in [2.24, 2.45) is 10.3 Å². The summed E-state index contributed by atoms with van der Waals surface area (Å²) < 4.78 is 35.3. The summed E-state index contributed by atoms with van der Waals surface area (Å²) in [5.74, 6) is -0.532. The number of carbonyl (C=O) groups excluding carboxylic acids is 5. The number of nitrogens with zero attached hydrogens (tertiary/aromatic N) is 7.